The van der Waals surface area contributed by atoms with E-state index in [0.717, 1.165) is 22.7 Å². The first-order chi connectivity index (χ1) is 23.8. The fourth-order valence-corrected chi connectivity index (χ4v) is 7.18. The lowest BCUT2D eigenvalue weighted by Crippen LogP contribution is -2.11. The lowest BCUT2D eigenvalue weighted by Gasteiger charge is -2.28. The van der Waals surface area contributed by atoms with Crippen LogP contribution < -0.4 is 4.90 Å². The lowest BCUT2D eigenvalue weighted by molar-refractivity contribution is 1.17. The number of hydrogen-bond acceptors (Lipinski definition) is 1. The van der Waals surface area contributed by atoms with Crippen molar-refractivity contribution in [1.82, 2.24) is 4.57 Å². The van der Waals surface area contributed by atoms with Crippen LogP contribution in [-0.4, -0.2) is 4.57 Å². The molecule has 2 nitrogen and oxygen atoms in total. The first-order valence-corrected chi connectivity index (χ1v) is 16.4. The smallest absolute Gasteiger partial charge is 0.0541 e. The average Bonchev–Trinajstić information content (AvgIpc) is 3.50. The maximum atomic E-state index is 2.38. The third kappa shape index (κ3) is 4.74. The Kier molecular flexibility index (Phi) is 6.84. The Morgan fingerprint density at radius 1 is 0.333 bits per heavy atom. The van der Waals surface area contributed by atoms with Crippen LogP contribution in [0.2, 0.25) is 0 Å². The highest BCUT2D eigenvalue weighted by Crippen LogP contribution is 2.42. The molecule has 1 aromatic heterocycles. The summed E-state index contributed by atoms with van der Waals surface area (Å²) in [6.45, 7) is 0. The van der Waals surface area contributed by atoms with Crippen LogP contribution in [0, 0.1) is 0 Å². The van der Waals surface area contributed by atoms with Gasteiger partial charge in [-0.3, -0.25) is 0 Å². The molecule has 48 heavy (non-hydrogen) atoms. The highest BCUT2D eigenvalue weighted by molar-refractivity contribution is 6.09. The van der Waals surface area contributed by atoms with Gasteiger partial charge in [0.1, 0.15) is 0 Å². The first kappa shape index (κ1) is 27.9. The molecule has 0 aliphatic carbocycles. The number of rotatable bonds is 6. The zero-order chi connectivity index (χ0) is 31.9. The minimum Gasteiger partial charge on any atom is -0.310 e. The summed E-state index contributed by atoms with van der Waals surface area (Å²) in [4.78, 5) is 2.38. The second kappa shape index (κ2) is 11.8. The molecule has 0 fully saturated rings. The van der Waals surface area contributed by atoms with Gasteiger partial charge < -0.3 is 9.47 Å². The molecule has 0 N–H and O–H groups in total. The summed E-state index contributed by atoms with van der Waals surface area (Å²) in [7, 11) is 0. The number of benzene rings is 8. The van der Waals surface area contributed by atoms with Crippen LogP contribution in [0.15, 0.2) is 194 Å². The predicted octanol–water partition coefficient (Wildman–Crippen LogP) is 12.7. The van der Waals surface area contributed by atoms with Crippen LogP contribution in [0.5, 0.6) is 0 Å². The summed E-state index contributed by atoms with van der Waals surface area (Å²) in [6.07, 6.45) is 0. The Morgan fingerprint density at radius 3 is 1.54 bits per heavy atom. The summed E-state index contributed by atoms with van der Waals surface area (Å²) < 4.78 is 2.37. The predicted molar refractivity (Wildman–Crippen MR) is 204 cm³/mol. The van der Waals surface area contributed by atoms with Gasteiger partial charge >= 0.3 is 0 Å². The van der Waals surface area contributed by atoms with Gasteiger partial charge in [0.05, 0.1) is 16.7 Å². The lowest BCUT2D eigenvalue weighted by atomic mass is 9.97. The fraction of sp³-hybridized carbons (Fsp3) is 0. The van der Waals surface area contributed by atoms with Crippen LogP contribution >= 0.6 is 0 Å². The molecule has 8 aromatic carbocycles. The molecule has 2 heteroatoms. The van der Waals surface area contributed by atoms with E-state index in [4.69, 9.17) is 0 Å². The Labute approximate surface area is 280 Å². The molecular weight excluding hydrogens is 581 g/mol. The highest BCUT2D eigenvalue weighted by atomic mass is 15.1. The largest absolute Gasteiger partial charge is 0.310 e. The monoisotopic (exact) mass is 612 g/mol. The van der Waals surface area contributed by atoms with E-state index in [9.17, 15) is 0 Å². The van der Waals surface area contributed by atoms with Crippen molar-refractivity contribution in [2.24, 2.45) is 0 Å². The third-order valence-electron chi connectivity index (χ3n) is 9.40. The zero-order valence-corrected chi connectivity index (χ0v) is 26.4. The number of hydrogen-bond donors (Lipinski definition) is 0. The quantitative estimate of drug-likeness (QED) is 0.181. The van der Waals surface area contributed by atoms with Crippen LogP contribution in [-0.2, 0) is 0 Å². The van der Waals surface area contributed by atoms with E-state index in [0.29, 0.717) is 0 Å². The normalized spacial score (nSPS) is 11.3. The molecule has 9 rings (SSSR count). The number of para-hydroxylation sites is 3. The fourth-order valence-electron chi connectivity index (χ4n) is 7.18. The van der Waals surface area contributed by atoms with Gasteiger partial charge in [-0.05, 0) is 82.1 Å². The number of nitrogens with zero attached hydrogens (tertiary/aromatic N) is 2. The van der Waals surface area contributed by atoms with Gasteiger partial charge in [0.25, 0.3) is 0 Å². The topological polar surface area (TPSA) is 8.17 Å². The SMILES string of the molecule is c1ccc(-c2ccccc2N(c2ccc(-c3cccc4ccccc34)cc2)c2ccc(-n3c4ccccc4c4ccccc43)cc2)cc1. The van der Waals surface area contributed by atoms with Crippen LogP contribution in [0.1, 0.15) is 0 Å². The number of aromatic nitrogens is 1. The molecule has 0 saturated carbocycles. The summed E-state index contributed by atoms with van der Waals surface area (Å²) in [5.74, 6) is 0. The first-order valence-electron chi connectivity index (χ1n) is 16.4. The maximum Gasteiger partial charge on any atom is 0.0541 e. The van der Waals surface area contributed by atoms with E-state index in [2.05, 4.69) is 204 Å². The summed E-state index contributed by atoms with van der Waals surface area (Å²) >= 11 is 0. The zero-order valence-electron chi connectivity index (χ0n) is 26.4. The summed E-state index contributed by atoms with van der Waals surface area (Å²) in [5, 5.41) is 5.05. The maximum absolute atomic E-state index is 2.38. The van der Waals surface area contributed by atoms with Crippen molar-refractivity contribution in [1.29, 1.82) is 0 Å². The molecule has 9 aromatic rings. The van der Waals surface area contributed by atoms with Crippen molar-refractivity contribution in [3.8, 4) is 27.9 Å². The molecule has 226 valence electrons. The highest BCUT2D eigenvalue weighted by Gasteiger charge is 2.18. The van der Waals surface area contributed by atoms with Gasteiger partial charge in [-0.25, -0.2) is 0 Å². The second-order valence-corrected chi connectivity index (χ2v) is 12.2. The van der Waals surface area contributed by atoms with Crippen LogP contribution in [0.3, 0.4) is 0 Å². The molecule has 0 saturated heterocycles. The van der Waals surface area contributed by atoms with E-state index < -0.39 is 0 Å². The molecule has 0 radical (unpaired) electrons. The molecule has 1 heterocycles. The van der Waals surface area contributed by atoms with Gasteiger partial charge in [0.2, 0.25) is 0 Å². The summed E-state index contributed by atoms with van der Waals surface area (Å²) in [6, 6.07) is 69.8. The molecular formula is C46H32N2. The standard InChI is InChI=1S/C46H32N2/c1-2-13-34(14-3-1)41-18-6-9-22-44(41)47(36-27-25-35(26-28-36)40-21-12-16-33-15-4-5-17-39(33)40)37-29-31-38(32-30-37)48-45-23-10-7-19-42(45)43-20-8-11-24-46(43)48/h1-32H. The van der Waals surface area contributed by atoms with Gasteiger partial charge in [-0.15, -0.1) is 0 Å². The average molecular weight is 613 g/mol. The number of anilines is 3. The van der Waals surface area contributed by atoms with E-state index in [-0.39, 0.29) is 0 Å². The Balaban J connectivity index is 1.19. The van der Waals surface area contributed by atoms with E-state index in [1.807, 2.05) is 0 Å². The van der Waals surface area contributed by atoms with Gasteiger partial charge in [0, 0.05) is 33.4 Å². The third-order valence-corrected chi connectivity index (χ3v) is 9.40. The van der Waals surface area contributed by atoms with E-state index in [1.54, 1.807) is 0 Å². The van der Waals surface area contributed by atoms with Gasteiger partial charge in [-0.2, -0.15) is 0 Å². The molecule has 0 aliphatic heterocycles. The molecule has 0 amide bonds. The molecule has 0 spiro atoms. The summed E-state index contributed by atoms with van der Waals surface area (Å²) in [5.41, 5.74) is 11.7. The Morgan fingerprint density at radius 2 is 0.833 bits per heavy atom. The van der Waals surface area contributed by atoms with Gasteiger partial charge in [0.15, 0.2) is 0 Å². The Bertz CT molecular complexity index is 2480. The van der Waals surface area contributed by atoms with Crippen molar-refractivity contribution in [2.75, 3.05) is 4.90 Å². The second-order valence-electron chi connectivity index (χ2n) is 12.2. The van der Waals surface area contributed by atoms with Crippen LogP contribution in [0.25, 0.3) is 60.5 Å². The van der Waals surface area contributed by atoms with Crippen molar-refractivity contribution in [3.63, 3.8) is 0 Å². The molecule has 0 unspecified atom stereocenters. The molecule has 0 atom stereocenters. The minimum atomic E-state index is 1.10. The van der Waals surface area contributed by atoms with Gasteiger partial charge in [-0.1, -0.05) is 140 Å². The molecule has 0 aliphatic rings. The minimum absolute atomic E-state index is 1.10. The van der Waals surface area contributed by atoms with Crippen molar-refractivity contribution in [3.05, 3.63) is 194 Å². The van der Waals surface area contributed by atoms with E-state index >= 15 is 0 Å². The van der Waals surface area contributed by atoms with Crippen LogP contribution in [0.4, 0.5) is 17.1 Å². The number of fused-ring (bicyclic) bond motifs is 4. The van der Waals surface area contributed by atoms with Crippen molar-refractivity contribution in [2.45, 2.75) is 0 Å². The molecule has 0 bridgehead atoms. The van der Waals surface area contributed by atoms with E-state index in [1.165, 1.54) is 54.8 Å². The van der Waals surface area contributed by atoms with Crippen molar-refractivity contribution < 1.29 is 0 Å². The van der Waals surface area contributed by atoms with Crippen molar-refractivity contribution >= 4 is 49.6 Å². The Hall–Kier alpha value is -6.38.